The van der Waals surface area contributed by atoms with Crippen LogP contribution in [0.25, 0.3) is 0 Å². The zero-order chi connectivity index (χ0) is 30.3. The van der Waals surface area contributed by atoms with Crippen LogP contribution in [0.3, 0.4) is 0 Å². The first-order valence-corrected chi connectivity index (χ1v) is 15.4. The van der Waals surface area contributed by atoms with E-state index >= 15 is 0 Å². The number of quaternary nitrogens is 1. The van der Waals surface area contributed by atoms with Gasteiger partial charge < -0.3 is 9.22 Å². The molecule has 0 amide bonds. The second kappa shape index (κ2) is 16.5. The van der Waals surface area contributed by atoms with E-state index in [1.807, 2.05) is 0 Å². The Labute approximate surface area is 254 Å². The van der Waals surface area contributed by atoms with E-state index in [4.69, 9.17) is 4.74 Å². The minimum atomic E-state index is -1.22. The third kappa shape index (κ3) is 8.56. The van der Waals surface area contributed by atoms with Gasteiger partial charge in [-0.25, -0.2) is 4.79 Å². The highest BCUT2D eigenvalue weighted by Crippen LogP contribution is 2.10. The fraction of sp³-hybridized carbons (Fsp3) is 0.289. The van der Waals surface area contributed by atoms with E-state index in [0.717, 1.165) is 17.4 Å². The van der Waals surface area contributed by atoms with Gasteiger partial charge in [0.05, 0.1) is 33.3 Å². The number of carbonyl (C=O) groups is 1. The van der Waals surface area contributed by atoms with Crippen molar-refractivity contribution in [3.8, 4) is 0 Å². The summed E-state index contributed by atoms with van der Waals surface area (Å²) in [6.45, 7) is 13.6. The van der Waals surface area contributed by atoms with Crippen molar-refractivity contribution in [3.05, 3.63) is 133 Å². The lowest BCUT2D eigenvalue weighted by Gasteiger charge is -2.44. The first-order chi connectivity index (χ1) is 20.4. The number of nitrogens with zero attached hydrogens (tertiary/aromatic N) is 1. The lowest BCUT2D eigenvalue weighted by Crippen LogP contribution is -2.74. The summed E-state index contributed by atoms with van der Waals surface area (Å²) in [7, 11) is 2.29. The van der Waals surface area contributed by atoms with E-state index in [1.54, 1.807) is 6.92 Å². The molecule has 0 unspecified atom stereocenters. The van der Waals surface area contributed by atoms with Crippen molar-refractivity contribution in [1.82, 2.24) is 0 Å². The van der Waals surface area contributed by atoms with Crippen LogP contribution in [0.1, 0.15) is 40.0 Å². The normalized spacial score (nSPS) is 11.2. The van der Waals surface area contributed by atoms with E-state index in [0.29, 0.717) is 12.2 Å². The molecule has 4 heteroatoms. The van der Waals surface area contributed by atoms with Gasteiger partial charge in [-0.1, -0.05) is 142 Å². The molecule has 0 aliphatic carbocycles. The SMILES string of the molecule is C=C(C)C(=O)OCCC[N+](C)(CCC)CCC.c1ccc([B-](c2ccccc2)(c2ccccc2)c2ccccc2)cc1. The zero-order valence-corrected chi connectivity index (χ0v) is 26.0. The van der Waals surface area contributed by atoms with Crippen LogP contribution in [0, 0.1) is 0 Å². The molecule has 0 heterocycles. The highest BCUT2D eigenvalue weighted by molar-refractivity contribution is 7.19. The van der Waals surface area contributed by atoms with Crippen molar-refractivity contribution in [1.29, 1.82) is 0 Å². The molecule has 42 heavy (non-hydrogen) atoms. The number of benzene rings is 4. The maximum atomic E-state index is 11.2. The summed E-state index contributed by atoms with van der Waals surface area (Å²) in [6.07, 6.45) is 2.10. The summed E-state index contributed by atoms with van der Waals surface area (Å²) in [5.74, 6) is -0.273. The third-order valence-electron chi connectivity index (χ3n) is 8.15. The predicted octanol–water partition coefficient (Wildman–Crippen LogP) is 5.83. The van der Waals surface area contributed by atoms with Crippen LogP contribution in [-0.2, 0) is 9.53 Å². The topological polar surface area (TPSA) is 26.3 Å². The Morgan fingerprint density at radius 3 is 1.26 bits per heavy atom. The van der Waals surface area contributed by atoms with Gasteiger partial charge in [-0.05, 0) is 19.8 Å². The molecule has 0 spiro atoms. The van der Waals surface area contributed by atoms with Crippen molar-refractivity contribution in [3.63, 3.8) is 0 Å². The molecule has 220 valence electrons. The molecule has 0 aliphatic rings. The van der Waals surface area contributed by atoms with E-state index in [-0.39, 0.29) is 5.97 Å². The van der Waals surface area contributed by atoms with Crippen LogP contribution in [0.15, 0.2) is 133 Å². The van der Waals surface area contributed by atoms with Crippen LogP contribution in [-0.4, -0.2) is 49.9 Å². The van der Waals surface area contributed by atoms with Gasteiger partial charge in [0.15, 0.2) is 0 Å². The Morgan fingerprint density at radius 1 is 0.643 bits per heavy atom. The first-order valence-electron chi connectivity index (χ1n) is 15.4. The Kier molecular flexibility index (Phi) is 12.8. The van der Waals surface area contributed by atoms with Gasteiger partial charge in [0.2, 0.25) is 0 Å². The maximum absolute atomic E-state index is 11.2. The van der Waals surface area contributed by atoms with Crippen molar-refractivity contribution in [2.75, 3.05) is 33.3 Å². The molecule has 0 N–H and O–H groups in total. The van der Waals surface area contributed by atoms with Gasteiger partial charge in [-0.2, -0.15) is 21.9 Å². The molecular weight excluding hydrogens is 513 g/mol. The molecule has 3 nitrogen and oxygen atoms in total. The number of hydrogen-bond acceptors (Lipinski definition) is 2. The Hall–Kier alpha value is -3.89. The van der Waals surface area contributed by atoms with Crippen molar-refractivity contribution >= 4 is 34.0 Å². The molecule has 4 rings (SSSR count). The Balaban J connectivity index is 0.000000252. The van der Waals surface area contributed by atoms with E-state index in [2.05, 4.69) is 149 Å². The lowest BCUT2D eigenvalue weighted by atomic mass is 9.13. The largest absolute Gasteiger partial charge is 0.462 e. The molecule has 0 bridgehead atoms. The van der Waals surface area contributed by atoms with E-state index < -0.39 is 6.15 Å². The number of carbonyl (C=O) groups excluding carboxylic acids is 1. The summed E-state index contributed by atoms with van der Waals surface area (Å²) in [5.41, 5.74) is 5.83. The van der Waals surface area contributed by atoms with Gasteiger partial charge in [0.1, 0.15) is 6.15 Å². The summed E-state index contributed by atoms with van der Waals surface area (Å²) < 4.78 is 6.19. The summed E-state index contributed by atoms with van der Waals surface area (Å²) in [6, 6.07) is 43.5. The second-order valence-electron chi connectivity index (χ2n) is 11.6. The monoisotopic (exact) mass is 561 g/mol. The smallest absolute Gasteiger partial charge is 0.333 e. The Morgan fingerprint density at radius 2 is 0.976 bits per heavy atom. The van der Waals surface area contributed by atoms with Gasteiger partial charge in [0, 0.05) is 12.0 Å². The van der Waals surface area contributed by atoms with Crippen LogP contribution < -0.4 is 21.9 Å². The molecule has 0 aromatic heterocycles. The molecule has 0 saturated heterocycles. The summed E-state index contributed by atoms with van der Waals surface area (Å²) >= 11 is 0. The quantitative estimate of drug-likeness (QED) is 0.0676. The molecule has 4 aromatic carbocycles. The summed E-state index contributed by atoms with van der Waals surface area (Å²) in [5, 5.41) is 0. The molecule has 0 fully saturated rings. The van der Waals surface area contributed by atoms with Crippen molar-refractivity contribution in [2.45, 2.75) is 40.0 Å². The van der Waals surface area contributed by atoms with Crippen LogP contribution in [0.2, 0.25) is 0 Å². The average molecular weight is 562 g/mol. The Bertz CT molecular complexity index is 1170. The number of esters is 1. The fourth-order valence-electron chi connectivity index (χ4n) is 6.27. The van der Waals surface area contributed by atoms with Crippen LogP contribution in [0.5, 0.6) is 0 Å². The molecule has 0 atom stereocenters. The predicted molar refractivity (Wildman–Crippen MR) is 182 cm³/mol. The van der Waals surface area contributed by atoms with E-state index in [1.165, 1.54) is 47.8 Å². The maximum Gasteiger partial charge on any atom is 0.333 e. The van der Waals surface area contributed by atoms with Gasteiger partial charge in [-0.3, -0.25) is 0 Å². The van der Waals surface area contributed by atoms with Gasteiger partial charge in [-0.15, -0.1) is 0 Å². The molecule has 4 aromatic rings. The highest BCUT2D eigenvalue weighted by atomic mass is 16.5. The molecule has 0 saturated carbocycles. The molecule has 0 radical (unpaired) electrons. The standard InChI is InChI=1S/C24H20B.C14H28NO2/c1-5-13-21(14-6-1)25(22-15-7-2-8-16-22,23-17-9-3-10-18-23)24-19-11-4-12-20-24;1-6-9-15(5,10-7-2)11-8-12-17-14(16)13(3)4/h1-20H;3,6-12H2,1-2,4-5H3/q-1;+1. The fourth-order valence-corrected chi connectivity index (χ4v) is 6.27. The van der Waals surface area contributed by atoms with Gasteiger partial charge in [0.25, 0.3) is 0 Å². The average Bonchev–Trinajstić information content (AvgIpc) is 3.02. The van der Waals surface area contributed by atoms with Crippen molar-refractivity contribution in [2.24, 2.45) is 0 Å². The minimum Gasteiger partial charge on any atom is -0.462 e. The third-order valence-corrected chi connectivity index (χ3v) is 8.15. The van der Waals surface area contributed by atoms with Crippen LogP contribution in [0.4, 0.5) is 0 Å². The first kappa shape index (κ1) is 32.6. The number of hydrogen-bond donors (Lipinski definition) is 0. The van der Waals surface area contributed by atoms with Gasteiger partial charge >= 0.3 is 5.97 Å². The number of ether oxygens (including phenoxy) is 1. The highest BCUT2D eigenvalue weighted by Gasteiger charge is 2.31. The van der Waals surface area contributed by atoms with E-state index in [9.17, 15) is 4.79 Å². The summed E-state index contributed by atoms with van der Waals surface area (Å²) in [4.78, 5) is 11.2. The van der Waals surface area contributed by atoms with Crippen LogP contribution >= 0.6 is 0 Å². The molecular formula is C38H48BNO2. The number of rotatable bonds is 13. The zero-order valence-electron chi connectivity index (χ0n) is 26.0. The van der Waals surface area contributed by atoms with Crippen molar-refractivity contribution < 1.29 is 14.0 Å². The minimum absolute atomic E-state index is 0.273. The molecule has 0 aliphatic heterocycles. The lowest BCUT2D eigenvalue weighted by molar-refractivity contribution is -0.909. The second-order valence-corrected chi connectivity index (χ2v) is 11.6.